The maximum Gasteiger partial charge on any atom is 0.158 e. The van der Waals surface area contributed by atoms with E-state index in [0.29, 0.717) is 0 Å². The fraction of sp³-hybridized carbons (Fsp3) is 0.700. The molecule has 1 heterocycles. The van der Waals surface area contributed by atoms with Crippen molar-refractivity contribution in [2.75, 3.05) is 32.5 Å². The van der Waals surface area contributed by atoms with Gasteiger partial charge >= 0.3 is 0 Å². The summed E-state index contributed by atoms with van der Waals surface area (Å²) in [4.78, 5) is 2.28. The SMILES string of the molecule is CN(C)CCCCCCCCCCCCNc1cccc2nonc12. The topological polar surface area (TPSA) is 54.2 Å². The van der Waals surface area contributed by atoms with Crippen molar-refractivity contribution < 1.29 is 4.63 Å². The van der Waals surface area contributed by atoms with Crippen molar-refractivity contribution >= 4 is 16.7 Å². The molecule has 1 aromatic heterocycles. The largest absolute Gasteiger partial charge is 0.383 e. The van der Waals surface area contributed by atoms with E-state index in [9.17, 15) is 0 Å². The third-order valence-electron chi connectivity index (χ3n) is 4.63. The van der Waals surface area contributed by atoms with E-state index in [0.717, 1.165) is 23.3 Å². The van der Waals surface area contributed by atoms with Crippen LogP contribution in [0.3, 0.4) is 0 Å². The van der Waals surface area contributed by atoms with Gasteiger partial charge in [0, 0.05) is 6.54 Å². The fourth-order valence-electron chi connectivity index (χ4n) is 3.14. The standard InChI is InChI=1S/C20H34N4O/c1-24(2)17-12-10-8-6-4-3-5-7-9-11-16-21-18-14-13-15-19-20(18)23-25-22-19/h13-15,21H,3-12,16-17H2,1-2H3. The lowest BCUT2D eigenvalue weighted by molar-refractivity contribution is 0.315. The molecule has 0 unspecified atom stereocenters. The minimum Gasteiger partial charge on any atom is -0.383 e. The molecular weight excluding hydrogens is 312 g/mol. The maximum absolute atomic E-state index is 4.79. The van der Waals surface area contributed by atoms with Gasteiger partial charge in [0.05, 0.1) is 5.69 Å². The Bertz CT molecular complexity index is 582. The molecule has 0 atom stereocenters. The van der Waals surface area contributed by atoms with Crippen LogP contribution in [0.25, 0.3) is 11.0 Å². The molecule has 5 nitrogen and oxygen atoms in total. The van der Waals surface area contributed by atoms with Crippen LogP contribution in [0.4, 0.5) is 5.69 Å². The van der Waals surface area contributed by atoms with Crippen molar-refractivity contribution in [2.24, 2.45) is 0 Å². The van der Waals surface area contributed by atoms with Crippen molar-refractivity contribution in [3.63, 3.8) is 0 Å². The molecule has 0 saturated heterocycles. The Balaban J connectivity index is 1.40. The zero-order chi connectivity index (χ0) is 17.7. The average molecular weight is 347 g/mol. The lowest BCUT2D eigenvalue weighted by Crippen LogP contribution is -2.12. The van der Waals surface area contributed by atoms with Crippen LogP contribution < -0.4 is 5.32 Å². The van der Waals surface area contributed by atoms with Crippen LogP contribution >= 0.6 is 0 Å². The first-order chi connectivity index (χ1) is 12.3. The molecule has 25 heavy (non-hydrogen) atoms. The molecule has 2 aromatic rings. The highest BCUT2D eigenvalue weighted by Gasteiger charge is 2.04. The van der Waals surface area contributed by atoms with E-state index in [1.54, 1.807) is 0 Å². The Hall–Kier alpha value is -1.62. The molecule has 0 aliphatic rings. The van der Waals surface area contributed by atoms with E-state index in [1.165, 1.54) is 70.8 Å². The Labute approximate surface area is 152 Å². The van der Waals surface area contributed by atoms with Gasteiger partial charge in [-0.1, -0.05) is 57.4 Å². The second-order valence-electron chi connectivity index (χ2n) is 7.20. The minimum atomic E-state index is 0.812. The molecule has 140 valence electrons. The first-order valence-electron chi connectivity index (χ1n) is 9.87. The number of fused-ring (bicyclic) bond motifs is 1. The molecule has 1 aromatic carbocycles. The summed E-state index contributed by atoms with van der Waals surface area (Å²) in [6, 6.07) is 5.93. The smallest absolute Gasteiger partial charge is 0.158 e. The lowest BCUT2D eigenvalue weighted by atomic mass is 10.1. The van der Waals surface area contributed by atoms with Crippen LogP contribution in [0.2, 0.25) is 0 Å². The van der Waals surface area contributed by atoms with Gasteiger partial charge in [-0.15, -0.1) is 0 Å². The van der Waals surface area contributed by atoms with E-state index in [1.807, 2.05) is 18.2 Å². The van der Waals surface area contributed by atoms with Crippen molar-refractivity contribution in [2.45, 2.75) is 64.2 Å². The lowest BCUT2D eigenvalue weighted by Gasteiger charge is -2.08. The molecule has 1 N–H and O–H groups in total. The molecule has 0 aliphatic heterocycles. The summed E-state index contributed by atoms with van der Waals surface area (Å²) in [5.74, 6) is 0. The number of nitrogens with zero attached hydrogens (tertiary/aromatic N) is 3. The van der Waals surface area contributed by atoms with E-state index in [-0.39, 0.29) is 0 Å². The second-order valence-corrected chi connectivity index (χ2v) is 7.20. The molecule has 5 heteroatoms. The van der Waals surface area contributed by atoms with Gasteiger partial charge in [0.2, 0.25) is 0 Å². The molecule has 0 aliphatic carbocycles. The summed E-state index contributed by atoms with van der Waals surface area (Å²) in [6.07, 6.45) is 13.6. The molecule has 0 fully saturated rings. The maximum atomic E-state index is 4.79. The van der Waals surface area contributed by atoms with Crippen LogP contribution in [0.1, 0.15) is 64.2 Å². The summed E-state index contributed by atoms with van der Waals surface area (Å²) >= 11 is 0. The Morgan fingerprint density at radius 3 is 2.16 bits per heavy atom. The van der Waals surface area contributed by atoms with Gasteiger partial charge in [0.15, 0.2) is 5.52 Å². The van der Waals surface area contributed by atoms with Crippen LogP contribution in [0.15, 0.2) is 22.8 Å². The monoisotopic (exact) mass is 346 g/mol. The number of anilines is 1. The molecule has 0 saturated carbocycles. The second kappa shape index (κ2) is 11.9. The number of rotatable bonds is 14. The Morgan fingerprint density at radius 2 is 1.48 bits per heavy atom. The van der Waals surface area contributed by atoms with Crippen molar-refractivity contribution in [1.82, 2.24) is 15.2 Å². The van der Waals surface area contributed by atoms with Crippen molar-refractivity contribution in [1.29, 1.82) is 0 Å². The van der Waals surface area contributed by atoms with E-state index < -0.39 is 0 Å². The molecule has 0 amide bonds. The van der Waals surface area contributed by atoms with E-state index in [4.69, 9.17) is 4.63 Å². The average Bonchev–Trinajstić information content (AvgIpc) is 3.08. The van der Waals surface area contributed by atoms with E-state index >= 15 is 0 Å². The van der Waals surface area contributed by atoms with Crippen LogP contribution in [0, 0.1) is 0 Å². The van der Waals surface area contributed by atoms with Gasteiger partial charge in [-0.2, -0.15) is 0 Å². The predicted molar refractivity (Wildman–Crippen MR) is 105 cm³/mol. The fourth-order valence-corrected chi connectivity index (χ4v) is 3.14. The summed E-state index contributed by atoms with van der Waals surface area (Å²) in [5.41, 5.74) is 2.66. The number of nitrogens with one attached hydrogen (secondary N) is 1. The summed E-state index contributed by atoms with van der Waals surface area (Å²) in [5, 5.41) is 11.3. The van der Waals surface area contributed by atoms with Gasteiger partial charge in [0.1, 0.15) is 5.52 Å². The van der Waals surface area contributed by atoms with Gasteiger partial charge in [0.25, 0.3) is 0 Å². The molecule has 0 radical (unpaired) electrons. The number of hydrogen-bond acceptors (Lipinski definition) is 5. The molecule has 2 rings (SSSR count). The Kier molecular flexibility index (Phi) is 9.34. The van der Waals surface area contributed by atoms with Gasteiger partial charge in [-0.3, -0.25) is 0 Å². The van der Waals surface area contributed by atoms with E-state index in [2.05, 4.69) is 34.6 Å². The summed E-state index contributed by atoms with van der Waals surface area (Å²) in [6.45, 7) is 2.22. The Morgan fingerprint density at radius 1 is 0.840 bits per heavy atom. The molecular formula is C20H34N4O. The van der Waals surface area contributed by atoms with Crippen molar-refractivity contribution in [3.8, 4) is 0 Å². The zero-order valence-electron chi connectivity index (χ0n) is 16.0. The quantitative estimate of drug-likeness (QED) is 0.482. The van der Waals surface area contributed by atoms with Crippen molar-refractivity contribution in [3.05, 3.63) is 18.2 Å². The number of aromatic nitrogens is 2. The predicted octanol–water partition coefficient (Wildman–Crippen LogP) is 5.10. The van der Waals surface area contributed by atoms with Gasteiger partial charge < -0.3 is 10.2 Å². The summed E-state index contributed by atoms with van der Waals surface area (Å²) < 4.78 is 4.79. The number of unbranched alkanes of at least 4 members (excludes halogenated alkanes) is 9. The highest BCUT2D eigenvalue weighted by atomic mass is 16.6. The number of benzene rings is 1. The van der Waals surface area contributed by atoms with Gasteiger partial charge in [-0.25, -0.2) is 4.63 Å². The molecule has 0 bridgehead atoms. The minimum absolute atomic E-state index is 0.812. The highest BCUT2D eigenvalue weighted by molar-refractivity contribution is 5.86. The third-order valence-corrected chi connectivity index (χ3v) is 4.63. The zero-order valence-corrected chi connectivity index (χ0v) is 16.0. The van der Waals surface area contributed by atoms with Crippen LogP contribution in [-0.2, 0) is 0 Å². The van der Waals surface area contributed by atoms with Crippen LogP contribution in [-0.4, -0.2) is 42.4 Å². The number of hydrogen-bond donors (Lipinski definition) is 1. The highest BCUT2D eigenvalue weighted by Crippen LogP contribution is 2.19. The summed E-state index contributed by atoms with van der Waals surface area (Å²) in [7, 11) is 4.31. The van der Waals surface area contributed by atoms with Crippen LogP contribution in [0.5, 0.6) is 0 Å². The van der Waals surface area contributed by atoms with Gasteiger partial charge in [-0.05, 0) is 55.9 Å². The molecule has 0 spiro atoms. The first-order valence-corrected chi connectivity index (χ1v) is 9.87. The normalized spacial score (nSPS) is 11.5. The first kappa shape index (κ1) is 19.7. The third kappa shape index (κ3) is 7.86.